The first-order valence-corrected chi connectivity index (χ1v) is 7.75. The highest BCUT2D eigenvalue weighted by molar-refractivity contribution is 7.99. The summed E-state index contributed by atoms with van der Waals surface area (Å²) in [7, 11) is 4.22. The molecule has 1 heterocycles. The summed E-state index contributed by atoms with van der Waals surface area (Å²) in [6, 6.07) is 7.17. The van der Waals surface area contributed by atoms with Gasteiger partial charge in [-0.1, -0.05) is 11.6 Å². The van der Waals surface area contributed by atoms with Crippen molar-refractivity contribution < 1.29 is 0 Å². The van der Waals surface area contributed by atoms with Crippen LogP contribution in [0.1, 0.15) is 24.9 Å². The van der Waals surface area contributed by atoms with Gasteiger partial charge in [-0.05, 0) is 57.0 Å². The Balaban J connectivity index is 2.09. The van der Waals surface area contributed by atoms with Crippen LogP contribution in [-0.4, -0.2) is 37.3 Å². The molecule has 0 aromatic heterocycles. The van der Waals surface area contributed by atoms with E-state index in [2.05, 4.69) is 43.4 Å². The Morgan fingerprint density at radius 2 is 2.28 bits per heavy atom. The molecule has 2 nitrogen and oxygen atoms in total. The molecular weight excluding hydrogens is 264 g/mol. The van der Waals surface area contributed by atoms with E-state index >= 15 is 0 Å². The summed E-state index contributed by atoms with van der Waals surface area (Å²) in [6.45, 7) is 3.30. The Labute approximate surface area is 119 Å². The van der Waals surface area contributed by atoms with E-state index < -0.39 is 0 Å². The average molecular weight is 285 g/mol. The molecule has 1 aromatic rings. The minimum Gasteiger partial charge on any atom is -0.308 e. The van der Waals surface area contributed by atoms with E-state index in [-0.39, 0.29) is 0 Å². The molecule has 0 saturated carbocycles. The second kappa shape index (κ2) is 6.29. The van der Waals surface area contributed by atoms with Gasteiger partial charge in [0.05, 0.1) is 0 Å². The Hall–Kier alpha value is -0.220. The van der Waals surface area contributed by atoms with Crippen molar-refractivity contribution in [3.8, 4) is 0 Å². The molecule has 1 N–H and O–H groups in total. The Kier molecular flexibility index (Phi) is 4.96. The highest BCUT2D eigenvalue weighted by Gasteiger charge is 2.22. The summed E-state index contributed by atoms with van der Waals surface area (Å²) < 4.78 is 0. The van der Waals surface area contributed by atoms with E-state index in [4.69, 9.17) is 11.6 Å². The zero-order chi connectivity index (χ0) is 13.1. The van der Waals surface area contributed by atoms with Gasteiger partial charge in [0.2, 0.25) is 0 Å². The van der Waals surface area contributed by atoms with Gasteiger partial charge in [0.15, 0.2) is 0 Å². The lowest BCUT2D eigenvalue weighted by molar-refractivity contribution is 0.325. The quantitative estimate of drug-likeness (QED) is 0.912. The topological polar surface area (TPSA) is 15.3 Å². The number of rotatable bonds is 4. The fourth-order valence-corrected chi connectivity index (χ4v) is 3.77. The number of benzene rings is 1. The monoisotopic (exact) mass is 284 g/mol. The molecule has 0 fully saturated rings. The number of thioether (sulfide) groups is 1. The van der Waals surface area contributed by atoms with Crippen LogP contribution in [0.4, 0.5) is 0 Å². The van der Waals surface area contributed by atoms with Gasteiger partial charge in [0.1, 0.15) is 0 Å². The van der Waals surface area contributed by atoms with Crippen molar-refractivity contribution in [1.82, 2.24) is 10.2 Å². The largest absolute Gasteiger partial charge is 0.308 e. The highest BCUT2D eigenvalue weighted by atomic mass is 35.5. The predicted octanol–water partition coefficient (Wildman–Crippen LogP) is 3.42. The van der Waals surface area contributed by atoms with Crippen LogP contribution >= 0.6 is 23.4 Å². The van der Waals surface area contributed by atoms with E-state index in [1.54, 1.807) is 0 Å². The highest BCUT2D eigenvalue weighted by Crippen LogP contribution is 2.37. The van der Waals surface area contributed by atoms with Gasteiger partial charge < -0.3 is 10.2 Å². The van der Waals surface area contributed by atoms with Crippen molar-refractivity contribution in [2.75, 3.05) is 26.4 Å². The average Bonchev–Trinajstić information content (AvgIpc) is 2.28. The normalized spacial score (nSPS) is 20.8. The molecule has 0 saturated heterocycles. The third kappa shape index (κ3) is 3.64. The Morgan fingerprint density at radius 3 is 3.00 bits per heavy atom. The van der Waals surface area contributed by atoms with Gasteiger partial charge in [0, 0.05) is 28.5 Å². The molecule has 0 spiro atoms. The summed E-state index contributed by atoms with van der Waals surface area (Å²) in [6.07, 6.45) is 1.18. The van der Waals surface area contributed by atoms with E-state index in [0.717, 1.165) is 11.6 Å². The molecule has 1 aliphatic rings. The first kappa shape index (κ1) is 14.2. The van der Waals surface area contributed by atoms with E-state index in [0.29, 0.717) is 12.1 Å². The fourth-order valence-electron chi connectivity index (χ4n) is 2.48. The standard InChI is InChI=1S/C14H21ClN2S/c1-10(9-17(2)3)16-13-6-7-18-14-5-4-11(15)8-12(13)14/h4-5,8,10,13,16H,6-7,9H2,1-3H3. The van der Waals surface area contributed by atoms with Crippen LogP contribution in [0.15, 0.2) is 23.1 Å². The smallest absolute Gasteiger partial charge is 0.0410 e. The van der Waals surface area contributed by atoms with Crippen LogP contribution in [0.5, 0.6) is 0 Å². The summed E-state index contributed by atoms with van der Waals surface area (Å²) in [5, 5.41) is 4.56. The Morgan fingerprint density at radius 1 is 1.50 bits per heavy atom. The van der Waals surface area contributed by atoms with Crippen LogP contribution in [0.25, 0.3) is 0 Å². The maximum absolute atomic E-state index is 6.12. The summed E-state index contributed by atoms with van der Waals surface area (Å²) in [5.74, 6) is 1.18. The van der Waals surface area contributed by atoms with Crippen molar-refractivity contribution in [1.29, 1.82) is 0 Å². The van der Waals surface area contributed by atoms with Gasteiger partial charge >= 0.3 is 0 Å². The predicted molar refractivity (Wildman–Crippen MR) is 80.7 cm³/mol. The molecule has 0 amide bonds. The number of hydrogen-bond donors (Lipinski definition) is 1. The molecule has 1 aliphatic heterocycles. The zero-order valence-electron chi connectivity index (χ0n) is 11.2. The maximum Gasteiger partial charge on any atom is 0.0410 e. The minimum absolute atomic E-state index is 0.440. The van der Waals surface area contributed by atoms with Crippen LogP contribution in [0, 0.1) is 0 Å². The van der Waals surface area contributed by atoms with Crippen LogP contribution in [-0.2, 0) is 0 Å². The van der Waals surface area contributed by atoms with Crippen molar-refractivity contribution in [3.63, 3.8) is 0 Å². The molecule has 2 unspecified atom stereocenters. The SMILES string of the molecule is CC(CN(C)C)NC1CCSc2ccc(Cl)cc21. The summed E-state index contributed by atoms with van der Waals surface area (Å²) >= 11 is 8.05. The van der Waals surface area contributed by atoms with Crippen molar-refractivity contribution in [2.45, 2.75) is 30.3 Å². The molecule has 18 heavy (non-hydrogen) atoms. The Bertz CT molecular complexity index is 409. The third-order valence-corrected chi connectivity index (χ3v) is 4.49. The number of nitrogens with one attached hydrogen (secondary N) is 1. The number of hydrogen-bond acceptors (Lipinski definition) is 3. The lowest BCUT2D eigenvalue weighted by Gasteiger charge is -2.30. The summed E-state index contributed by atoms with van der Waals surface area (Å²) in [4.78, 5) is 3.59. The molecule has 2 rings (SSSR count). The minimum atomic E-state index is 0.440. The maximum atomic E-state index is 6.12. The van der Waals surface area contributed by atoms with Crippen molar-refractivity contribution >= 4 is 23.4 Å². The lowest BCUT2D eigenvalue weighted by Crippen LogP contribution is -2.39. The third-order valence-electron chi connectivity index (χ3n) is 3.14. The molecular formula is C14H21ClN2S. The van der Waals surface area contributed by atoms with Crippen LogP contribution in [0.2, 0.25) is 5.02 Å². The molecule has 100 valence electrons. The zero-order valence-corrected chi connectivity index (χ0v) is 12.8. The number of likely N-dealkylation sites (N-methyl/N-ethyl adjacent to an activating group) is 1. The van der Waals surface area contributed by atoms with Crippen LogP contribution < -0.4 is 5.32 Å². The second-order valence-electron chi connectivity index (χ2n) is 5.20. The van der Waals surface area contributed by atoms with Gasteiger partial charge in [0.25, 0.3) is 0 Å². The summed E-state index contributed by atoms with van der Waals surface area (Å²) in [5.41, 5.74) is 1.37. The van der Waals surface area contributed by atoms with E-state index in [9.17, 15) is 0 Å². The molecule has 4 heteroatoms. The van der Waals surface area contributed by atoms with Crippen molar-refractivity contribution in [2.24, 2.45) is 0 Å². The molecule has 0 bridgehead atoms. The molecule has 2 atom stereocenters. The van der Waals surface area contributed by atoms with Crippen LogP contribution in [0.3, 0.4) is 0 Å². The fraction of sp³-hybridized carbons (Fsp3) is 0.571. The molecule has 0 radical (unpaired) electrons. The lowest BCUT2D eigenvalue weighted by atomic mass is 10.0. The number of halogens is 1. The van der Waals surface area contributed by atoms with Gasteiger partial charge in [-0.2, -0.15) is 0 Å². The second-order valence-corrected chi connectivity index (χ2v) is 6.78. The first-order valence-electron chi connectivity index (χ1n) is 6.39. The van der Waals surface area contributed by atoms with Gasteiger partial charge in [-0.15, -0.1) is 11.8 Å². The van der Waals surface area contributed by atoms with E-state index in [1.807, 2.05) is 17.8 Å². The van der Waals surface area contributed by atoms with E-state index in [1.165, 1.54) is 22.6 Å². The van der Waals surface area contributed by atoms with Crippen molar-refractivity contribution in [3.05, 3.63) is 28.8 Å². The molecule has 1 aromatic carbocycles. The first-order chi connectivity index (χ1) is 8.56. The van der Waals surface area contributed by atoms with Gasteiger partial charge in [-0.25, -0.2) is 0 Å². The number of nitrogens with zero attached hydrogens (tertiary/aromatic N) is 1. The number of fused-ring (bicyclic) bond motifs is 1. The molecule has 0 aliphatic carbocycles. The van der Waals surface area contributed by atoms with Gasteiger partial charge in [-0.3, -0.25) is 0 Å².